The monoisotopic (exact) mass is 497 g/mol. The van der Waals surface area contributed by atoms with Gasteiger partial charge < -0.3 is 14.6 Å². The van der Waals surface area contributed by atoms with Crippen LogP contribution in [0.25, 0.3) is 0 Å². The van der Waals surface area contributed by atoms with Gasteiger partial charge in [-0.1, -0.05) is 6.07 Å². The maximum atomic E-state index is 12.8. The average Bonchev–Trinajstić information content (AvgIpc) is 2.76. The number of phenolic OH excluding ortho intramolecular Hbond substituents is 1. The first kappa shape index (κ1) is 22.2. The summed E-state index contributed by atoms with van der Waals surface area (Å²) >= 11 is 3.21. The first-order valence-corrected chi connectivity index (χ1v) is 11.1. The second kappa shape index (κ2) is 9.56. The number of sulfonamides is 1. The molecular formula is C19H20BrN3O6S. The van der Waals surface area contributed by atoms with Crippen LogP contribution in [-0.4, -0.2) is 63.4 Å². The zero-order chi connectivity index (χ0) is 21.7. The van der Waals surface area contributed by atoms with Crippen LogP contribution >= 0.6 is 15.9 Å². The lowest BCUT2D eigenvalue weighted by atomic mass is 10.2. The smallest absolute Gasteiger partial charge is 0.271 e. The van der Waals surface area contributed by atoms with Crippen molar-refractivity contribution in [2.45, 2.75) is 4.90 Å². The number of carbonyl (C=O) groups is 1. The Bertz CT molecular complexity index is 1070. The number of benzene rings is 2. The molecule has 0 unspecified atom stereocenters. The van der Waals surface area contributed by atoms with Crippen molar-refractivity contribution >= 4 is 38.1 Å². The molecule has 11 heteroatoms. The van der Waals surface area contributed by atoms with E-state index in [-0.39, 0.29) is 35.0 Å². The summed E-state index contributed by atoms with van der Waals surface area (Å²) in [5.74, 6) is -0.356. The normalized spacial score (nSPS) is 15.3. The Morgan fingerprint density at radius 2 is 2.03 bits per heavy atom. The number of hydrogen-bond acceptors (Lipinski definition) is 7. The minimum atomic E-state index is -3.71. The minimum absolute atomic E-state index is 0.0354. The zero-order valence-electron chi connectivity index (χ0n) is 16.0. The fourth-order valence-electron chi connectivity index (χ4n) is 2.79. The first-order chi connectivity index (χ1) is 14.3. The molecule has 0 atom stereocenters. The van der Waals surface area contributed by atoms with Gasteiger partial charge in [0.15, 0.2) is 11.5 Å². The highest BCUT2D eigenvalue weighted by atomic mass is 79.9. The number of hydrazone groups is 1. The second-order valence-electron chi connectivity index (χ2n) is 6.30. The Labute approximate surface area is 182 Å². The van der Waals surface area contributed by atoms with Crippen molar-refractivity contribution in [1.82, 2.24) is 9.73 Å². The quantitative estimate of drug-likeness (QED) is 0.465. The van der Waals surface area contributed by atoms with E-state index in [1.54, 1.807) is 12.1 Å². The van der Waals surface area contributed by atoms with Gasteiger partial charge in [-0.3, -0.25) is 4.79 Å². The molecule has 9 nitrogen and oxygen atoms in total. The number of carbonyl (C=O) groups excluding carboxylic acids is 1. The third-order valence-electron chi connectivity index (χ3n) is 4.35. The lowest BCUT2D eigenvalue weighted by Crippen LogP contribution is -2.40. The Kier molecular flexibility index (Phi) is 7.08. The van der Waals surface area contributed by atoms with Crippen molar-refractivity contribution in [3.63, 3.8) is 0 Å². The molecule has 0 bridgehead atoms. The largest absolute Gasteiger partial charge is 0.503 e. The summed E-state index contributed by atoms with van der Waals surface area (Å²) in [4.78, 5) is 12.4. The molecule has 1 amide bonds. The van der Waals surface area contributed by atoms with Gasteiger partial charge in [0.2, 0.25) is 10.0 Å². The Morgan fingerprint density at radius 3 is 2.73 bits per heavy atom. The van der Waals surface area contributed by atoms with Crippen LogP contribution in [0.2, 0.25) is 0 Å². The number of methoxy groups -OCH3 is 1. The molecule has 2 aromatic rings. The average molecular weight is 498 g/mol. The molecule has 1 fully saturated rings. The molecule has 0 saturated carbocycles. The molecule has 2 aromatic carbocycles. The van der Waals surface area contributed by atoms with Gasteiger partial charge in [0.1, 0.15) is 0 Å². The Hall–Kier alpha value is -2.47. The number of ether oxygens (including phenoxy) is 2. The van der Waals surface area contributed by atoms with E-state index in [0.717, 1.165) is 0 Å². The van der Waals surface area contributed by atoms with Crippen LogP contribution in [-0.2, 0) is 14.8 Å². The van der Waals surface area contributed by atoms with Gasteiger partial charge in [-0.15, -0.1) is 0 Å². The van der Waals surface area contributed by atoms with Crippen molar-refractivity contribution in [1.29, 1.82) is 0 Å². The molecule has 30 heavy (non-hydrogen) atoms. The summed E-state index contributed by atoms with van der Waals surface area (Å²) in [5, 5.41) is 13.7. The number of nitrogens with zero attached hydrogens (tertiary/aromatic N) is 2. The summed E-state index contributed by atoms with van der Waals surface area (Å²) in [6.07, 6.45) is 1.37. The number of phenols is 1. The third kappa shape index (κ3) is 4.98. The highest BCUT2D eigenvalue weighted by Gasteiger charge is 2.26. The van der Waals surface area contributed by atoms with Gasteiger partial charge in [-0.05, 0) is 51.8 Å². The SMILES string of the molecule is COc1cc(/C=N/NC(=O)c2cccc(S(=O)(=O)N3CCOCC3)c2)cc(Br)c1O. The van der Waals surface area contributed by atoms with E-state index in [1.165, 1.54) is 41.9 Å². The Morgan fingerprint density at radius 1 is 1.30 bits per heavy atom. The van der Waals surface area contributed by atoms with Crippen molar-refractivity contribution in [2.75, 3.05) is 33.4 Å². The van der Waals surface area contributed by atoms with Crippen molar-refractivity contribution < 1.29 is 27.8 Å². The lowest BCUT2D eigenvalue weighted by molar-refractivity contribution is 0.0730. The van der Waals surface area contributed by atoms with Crippen molar-refractivity contribution in [2.24, 2.45) is 5.10 Å². The van der Waals surface area contributed by atoms with E-state index in [4.69, 9.17) is 9.47 Å². The fraction of sp³-hybridized carbons (Fsp3) is 0.263. The van der Waals surface area contributed by atoms with Gasteiger partial charge in [0.05, 0.1) is 35.9 Å². The van der Waals surface area contributed by atoms with Gasteiger partial charge in [-0.25, -0.2) is 13.8 Å². The number of morpholine rings is 1. The maximum Gasteiger partial charge on any atom is 0.271 e. The molecular weight excluding hydrogens is 478 g/mol. The minimum Gasteiger partial charge on any atom is -0.503 e. The first-order valence-electron chi connectivity index (χ1n) is 8.91. The number of halogens is 1. The van der Waals surface area contributed by atoms with Gasteiger partial charge in [0, 0.05) is 18.7 Å². The topological polar surface area (TPSA) is 118 Å². The highest BCUT2D eigenvalue weighted by Crippen LogP contribution is 2.34. The van der Waals surface area contributed by atoms with Crippen molar-refractivity contribution in [3.05, 3.63) is 52.0 Å². The van der Waals surface area contributed by atoms with Crippen LogP contribution in [0.5, 0.6) is 11.5 Å². The standard InChI is InChI=1S/C19H20BrN3O6S/c1-28-17-10-13(9-16(20)18(17)24)12-21-22-19(25)14-3-2-4-15(11-14)30(26,27)23-5-7-29-8-6-23/h2-4,9-12,24H,5-8H2,1H3,(H,22,25)/b21-12+. The molecule has 1 aliphatic heterocycles. The van der Waals surface area contributed by atoms with Gasteiger partial charge >= 0.3 is 0 Å². The second-order valence-corrected chi connectivity index (χ2v) is 9.09. The van der Waals surface area contributed by atoms with E-state index >= 15 is 0 Å². The number of aromatic hydroxyl groups is 1. The summed E-state index contributed by atoms with van der Waals surface area (Å²) in [7, 11) is -2.29. The van der Waals surface area contributed by atoms with Crippen LogP contribution in [0.1, 0.15) is 15.9 Å². The Balaban J connectivity index is 1.73. The van der Waals surface area contributed by atoms with Crippen LogP contribution in [0.15, 0.2) is 50.9 Å². The molecule has 0 radical (unpaired) electrons. The molecule has 1 heterocycles. The van der Waals surface area contributed by atoms with E-state index < -0.39 is 15.9 Å². The number of amides is 1. The summed E-state index contributed by atoms with van der Waals surface area (Å²) in [6, 6.07) is 8.92. The molecule has 160 valence electrons. The third-order valence-corrected chi connectivity index (χ3v) is 6.85. The van der Waals surface area contributed by atoms with E-state index in [2.05, 4.69) is 26.5 Å². The van der Waals surface area contributed by atoms with Crippen LogP contribution in [0, 0.1) is 0 Å². The number of nitrogens with one attached hydrogen (secondary N) is 1. The number of rotatable bonds is 6. The van der Waals surface area contributed by atoms with E-state index in [1.807, 2.05) is 0 Å². The van der Waals surface area contributed by atoms with E-state index in [0.29, 0.717) is 23.2 Å². The predicted molar refractivity (Wildman–Crippen MR) is 113 cm³/mol. The highest BCUT2D eigenvalue weighted by molar-refractivity contribution is 9.10. The van der Waals surface area contributed by atoms with Gasteiger partial charge in [-0.2, -0.15) is 9.41 Å². The summed E-state index contributed by atoms with van der Waals surface area (Å²) in [5.41, 5.74) is 3.09. The number of hydrogen-bond donors (Lipinski definition) is 2. The van der Waals surface area contributed by atoms with Gasteiger partial charge in [0.25, 0.3) is 5.91 Å². The fourth-order valence-corrected chi connectivity index (χ4v) is 4.70. The maximum absolute atomic E-state index is 12.8. The van der Waals surface area contributed by atoms with Crippen LogP contribution in [0.3, 0.4) is 0 Å². The molecule has 1 saturated heterocycles. The molecule has 1 aliphatic rings. The summed E-state index contributed by atoms with van der Waals surface area (Å²) in [6.45, 7) is 1.22. The van der Waals surface area contributed by atoms with Crippen LogP contribution in [0.4, 0.5) is 0 Å². The van der Waals surface area contributed by atoms with Crippen molar-refractivity contribution in [3.8, 4) is 11.5 Å². The lowest BCUT2D eigenvalue weighted by Gasteiger charge is -2.26. The molecule has 3 rings (SSSR count). The van der Waals surface area contributed by atoms with Crippen LogP contribution < -0.4 is 10.2 Å². The zero-order valence-corrected chi connectivity index (χ0v) is 18.4. The molecule has 2 N–H and O–H groups in total. The summed E-state index contributed by atoms with van der Waals surface area (Å²) < 4.78 is 37.5. The predicted octanol–water partition coefficient (Wildman–Crippen LogP) is 1.95. The van der Waals surface area contributed by atoms with E-state index in [9.17, 15) is 18.3 Å². The molecule has 0 aliphatic carbocycles. The molecule has 0 spiro atoms. The molecule has 0 aromatic heterocycles.